The zero-order valence-corrected chi connectivity index (χ0v) is 32.6. The number of nitrogens with zero attached hydrogens (tertiary/aromatic N) is 2. The molecule has 3 aromatic rings. The van der Waals surface area contributed by atoms with E-state index in [2.05, 4.69) is 25.6 Å². The Hall–Kier alpha value is -2.11. The summed E-state index contributed by atoms with van der Waals surface area (Å²) in [6.07, 6.45) is 6.55. The molecule has 0 bridgehead atoms. The highest BCUT2D eigenvalue weighted by Gasteiger charge is 2.32. The molecule has 2 N–H and O–H groups in total. The van der Waals surface area contributed by atoms with Gasteiger partial charge in [0, 0.05) is 30.7 Å². The van der Waals surface area contributed by atoms with Crippen LogP contribution in [0.4, 0.5) is 5.69 Å². The minimum absolute atomic E-state index is 0.0421. The third kappa shape index (κ3) is 8.74. The van der Waals surface area contributed by atoms with Crippen molar-refractivity contribution in [1.29, 1.82) is 0 Å². The molecule has 0 amide bonds. The van der Waals surface area contributed by atoms with Crippen LogP contribution in [0.1, 0.15) is 63.0 Å². The third-order valence-electron chi connectivity index (χ3n) is 9.67. The van der Waals surface area contributed by atoms with Gasteiger partial charge in [-0.3, -0.25) is 4.79 Å². The van der Waals surface area contributed by atoms with Crippen molar-refractivity contribution in [3.05, 3.63) is 61.9 Å². The predicted molar refractivity (Wildman–Crippen MR) is 197 cm³/mol. The molecule has 2 fully saturated rings. The maximum absolute atomic E-state index is 13.4. The molecule has 3 aliphatic heterocycles. The van der Waals surface area contributed by atoms with Gasteiger partial charge in [0.2, 0.25) is 16.8 Å². The number of thiophene rings is 1. The van der Waals surface area contributed by atoms with E-state index in [0.717, 1.165) is 75.1 Å². The second-order valence-corrected chi connectivity index (χ2v) is 19.7. The van der Waals surface area contributed by atoms with Crippen LogP contribution in [0.5, 0.6) is 11.5 Å². The summed E-state index contributed by atoms with van der Waals surface area (Å²) in [5.74, 6) is 0.875. The van der Waals surface area contributed by atoms with Gasteiger partial charge in [-0.2, -0.15) is 4.31 Å². The molecule has 1 aromatic heterocycles. The Labute approximate surface area is 315 Å². The number of piperidine rings is 2. The number of rotatable bonds is 13. The van der Waals surface area contributed by atoms with Crippen molar-refractivity contribution < 1.29 is 36.2 Å². The largest absolute Gasteiger partial charge is 0.481 e. The van der Waals surface area contributed by atoms with Gasteiger partial charge in [-0.15, -0.1) is 11.3 Å². The Balaban J connectivity index is 0.971. The van der Waals surface area contributed by atoms with Gasteiger partial charge >= 0.3 is 5.97 Å². The predicted octanol–water partition coefficient (Wildman–Crippen LogP) is 7.53. The van der Waals surface area contributed by atoms with E-state index in [-0.39, 0.29) is 15.9 Å². The van der Waals surface area contributed by atoms with Crippen molar-refractivity contribution >= 4 is 82.2 Å². The average Bonchev–Trinajstić information content (AvgIpc) is 3.70. The summed E-state index contributed by atoms with van der Waals surface area (Å²) in [6, 6.07) is 9.99. The van der Waals surface area contributed by atoms with Crippen molar-refractivity contribution in [2.75, 3.05) is 37.9 Å². The van der Waals surface area contributed by atoms with E-state index in [0.29, 0.717) is 55.8 Å². The van der Waals surface area contributed by atoms with Gasteiger partial charge in [0.1, 0.15) is 8.55 Å². The van der Waals surface area contributed by atoms with Crippen LogP contribution in [0.15, 0.2) is 56.0 Å². The molecule has 2 aromatic carbocycles. The lowest BCUT2D eigenvalue weighted by Gasteiger charge is -2.35. The number of anilines is 1. The molecular formula is C33H38BrCl2N3O8S3. The number of nitrogens with one attached hydrogen (secondary N) is 1. The molecule has 3 aliphatic rings. The van der Waals surface area contributed by atoms with Crippen molar-refractivity contribution in [1.82, 2.24) is 9.03 Å². The van der Waals surface area contributed by atoms with Crippen LogP contribution in [0.2, 0.25) is 9.36 Å². The number of carboxylic acid groups (broad SMARTS) is 1. The summed E-state index contributed by atoms with van der Waals surface area (Å²) in [6.45, 7) is 2.70. The molecule has 6 rings (SSSR count). The molecule has 0 spiro atoms. The smallest absolute Gasteiger partial charge is 0.305 e. The summed E-state index contributed by atoms with van der Waals surface area (Å²) in [5, 5.41) is 9.80. The summed E-state index contributed by atoms with van der Waals surface area (Å²) >= 11 is 17.1. The van der Waals surface area contributed by atoms with Gasteiger partial charge in [-0.25, -0.2) is 21.6 Å². The maximum Gasteiger partial charge on any atom is 0.305 e. The number of carboxylic acids is 1. The normalized spacial score (nSPS) is 18.4. The van der Waals surface area contributed by atoms with Gasteiger partial charge in [0.25, 0.3) is 10.0 Å². The number of aliphatic carboxylic acids is 1. The maximum atomic E-state index is 13.4. The number of benzene rings is 2. The number of fused-ring (bicyclic) bond motifs is 1. The zero-order chi connectivity index (χ0) is 35.6. The molecule has 0 aliphatic carbocycles. The lowest BCUT2D eigenvalue weighted by molar-refractivity contribution is -0.137. The van der Waals surface area contributed by atoms with Crippen LogP contribution in [-0.4, -0.2) is 65.2 Å². The highest BCUT2D eigenvalue weighted by molar-refractivity contribution is 9.10. The Kier molecular flexibility index (Phi) is 11.9. The van der Waals surface area contributed by atoms with Crippen LogP contribution in [0.25, 0.3) is 0 Å². The molecule has 1 unspecified atom stereocenters. The van der Waals surface area contributed by atoms with E-state index in [1.807, 2.05) is 0 Å². The first-order valence-corrected chi connectivity index (χ1v) is 21.7. The summed E-state index contributed by atoms with van der Waals surface area (Å²) < 4.78 is 69.0. The Morgan fingerprint density at radius 3 is 2.22 bits per heavy atom. The van der Waals surface area contributed by atoms with Crippen molar-refractivity contribution in [2.24, 2.45) is 11.8 Å². The molecule has 0 radical (unpaired) electrons. The number of sulfonamides is 2. The fraction of sp³-hybridized carbons (Fsp3) is 0.485. The Morgan fingerprint density at radius 2 is 1.60 bits per heavy atom. The van der Waals surface area contributed by atoms with Crippen LogP contribution in [0, 0.1) is 11.8 Å². The van der Waals surface area contributed by atoms with E-state index in [4.69, 9.17) is 32.7 Å². The molecule has 1 atom stereocenters. The van der Waals surface area contributed by atoms with Crippen LogP contribution >= 0.6 is 50.5 Å². The monoisotopic (exact) mass is 849 g/mol. The van der Waals surface area contributed by atoms with E-state index in [1.54, 1.807) is 34.6 Å². The molecule has 272 valence electrons. The van der Waals surface area contributed by atoms with Gasteiger partial charge in [0.05, 0.1) is 28.1 Å². The molecular weight excluding hydrogens is 813 g/mol. The molecule has 50 heavy (non-hydrogen) atoms. The van der Waals surface area contributed by atoms with E-state index in [9.17, 15) is 26.7 Å². The molecule has 11 nitrogen and oxygen atoms in total. The molecule has 4 heterocycles. The highest BCUT2D eigenvalue weighted by Crippen LogP contribution is 2.39. The van der Waals surface area contributed by atoms with Crippen LogP contribution in [-0.2, 0) is 24.8 Å². The molecule has 17 heteroatoms. The van der Waals surface area contributed by atoms with Crippen molar-refractivity contribution in [3.8, 4) is 11.5 Å². The SMILES string of the molecule is O=C(O)CC(NS(=O)(=O)c1ccc(N2CCC(CCCC3CCN(S(=O)(=O)c4cc(Br)c(Cl)s4)CC3)CC2)c(Cl)c1)c1ccc2c(c1)OCO2. The topological polar surface area (TPSA) is 143 Å². The number of halogens is 3. The lowest BCUT2D eigenvalue weighted by Crippen LogP contribution is -2.38. The van der Waals surface area contributed by atoms with Gasteiger partial charge in [-0.05, 0) is 95.4 Å². The number of carbonyl (C=O) groups is 1. The first-order valence-electron chi connectivity index (χ1n) is 16.4. The molecule has 0 saturated carbocycles. The first-order chi connectivity index (χ1) is 23.8. The number of hydrogen-bond acceptors (Lipinski definition) is 9. The second kappa shape index (κ2) is 15.9. The van der Waals surface area contributed by atoms with E-state index < -0.39 is 38.5 Å². The third-order valence-corrected chi connectivity index (χ3v) is 16.3. The zero-order valence-electron chi connectivity index (χ0n) is 27.0. The summed E-state index contributed by atoms with van der Waals surface area (Å²) in [5.41, 5.74) is 1.21. The number of hydrogen-bond donors (Lipinski definition) is 2. The fourth-order valence-corrected chi connectivity index (χ4v) is 12.4. The quantitative estimate of drug-likeness (QED) is 0.179. The summed E-state index contributed by atoms with van der Waals surface area (Å²) in [7, 11) is -7.64. The van der Waals surface area contributed by atoms with Crippen LogP contribution in [0.3, 0.4) is 0 Å². The lowest BCUT2D eigenvalue weighted by atomic mass is 9.87. The van der Waals surface area contributed by atoms with Gasteiger partial charge in [0.15, 0.2) is 11.5 Å². The van der Waals surface area contributed by atoms with Gasteiger partial charge in [-0.1, -0.05) is 48.5 Å². The fourth-order valence-electron chi connectivity index (χ4n) is 6.88. The van der Waals surface area contributed by atoms with Crippen molar-refractivity contribution in [3.63, 3.8) is 0 Å². The molecule has 2 saturated heterocycles. The average molecular weight is 852 g/mol. The van der Waals surface area contributed by atoms with Crippen molar-refractivity contribution in [2.45, 2.75) is 66.5 Å². The highest BCUT2D eigenvalue weighted by atomic mass is 79.9. The Morgan fingerprint density at radius 1 is 0.940 bits per heavy atom. The van der Waals surface area contributed by atoms with Gasteiger partial charge < -0.3 is 19.5 Å². The van der Waals surface area contributed by atoms with Crippen LogP contribution < -0.4 is 19.1 Å². The number of ether oxygens (including phenoxy) is 2. The summed E-state index contributed by atoms with van der Waals surface area (Å²) in [4.78, 5) is 13.7. The Bertz CT molecular complexity index is 1910. The second-order valence-electron chi connectivity index (χ2n) is 12.9. The standard InChI is InChI=1S/C33H38BrCl2N3O8S3/c34-25-18-32(48-33(25)36)50(44,45)39-14-10-22(11-15-39)3-1-2-21-8-12-38(13-9-21)28-6-5-24(17-26(28)35)49(42,43)37-27(19-31(40)41)23-4-7-29-30(16-23)47-20-46-29/h4-7,16-18,21-22,27,37H,1-3,8-15,19-20H2,(H,40,41). The van der Waals surface area contributed by atoms with E-state index >= 15 is 0 Å². The minimum Gasteiger partial charge on any atom is -0.481 e. The van der Waals surface area contributed by atoms with E-state index in [1.165, 1.54) is 12.1 Å². The first kappa shape index (κ1) is 37.6. The minimum atomic E-state index is -4.12.